The van der Waals surface area contributed by atoms with Gasteiger partial charge in [-0.25, -0.2) is 4.98 Å². The largest absolute Gasteiger partial charge is 0.492 e. The summed E-state index contributed by atoms with van der Waals surface area (Å²) in [6.07, 6.45) is 0. The zero-order valence-corrected chi connectivity index (χ0v) is 16.3. The van der Waals surface area contributed by atoms with Gasteiger partial charge in [-0.2, -0.15) is 0 Å². The van der Waals surface area contributed by atoms with Crippen LogP contribution in [0.3, 0.4) is 0 Å². The molecule has 1 aromatic heterocycles. The van der Waals surface area contributed by atoms with Gasteiger partial charge in [0.05, 0.1) is 35.7 Å². The molecule has 142 valence electrons. The maximum absolute atomic E-state index is 12.4. The van der Waals surface area contributed by atoms with E-state index < -0.39 is 0 Å². The molecule has 1 amide bonds. The second-order valence-corrected chi connectivity index (χ2v) is 6.74. The van der Waals surface area contributed by atoms with Crippen LogP contribution in [0.4, 0.5) is 5.69 Å². The van der Waals surface area contributed by atoms with E-state index >= 15 is 0 Å². The van der Waals surface area contributed by atoms with Crippen LogP contribution in [-0.2, 0) is 16.1 Å². The molecule has 3 rings (SSSR count). The molecule has 1 heterocycles. The molecule has 3 aromatic rings. The number of amides is 1. The minimum absolute atomic E-state index is 0.0995. The molecule has 0 aliphatic rings. The fourth-order valence-corrected chi connectivity index (χ4v) is 3.57. The van der Waals surface area contributed by atoms with Gasteiger partial charge in [0.1, 0.15) is 5.75 Å². The first kappa shape index (κ1) is 19.3. The summed E-state index contributed by atoms with van der Waals surface area (Å²) in [7, 11) is 1.68. The molecule has 0 radical (unpaired) electrons. The first-order valence-electron chi connectivity index (χ1n) is 8.81. The van der Waals surface area contributed by atoms with E-state index in [9.17, 15) is 4.79 Å². The lowest BCUT2D eigenvalue weighted by Gasteiger charge is -2.11. The van der Waals surface area contributed by atoms with Gasteiger partial charge < -0.3 is 19.4 Å². The standard InChI is InChI=1S/C20H23N3O3S/c1-3-26-18-11-7-5-9-16(18)21-19(24)14-27-20-22-15-8-4-6-10-17(15)23(20)12-13-25-2/h4-11H,3,12-14H2,1-2H3,(H,21,24). The number of rotatable bonds is 9. The zero-order valence-electron chi connectivity index (χ0n) is 15.5. The Labute approximate surface area is 162 Å². The van der Waals surface area contributed by atoms with Gasteiger partial charge >= 0.3 is 0 Å². The second-order valence-electron chi connectivity index (χ2n) is 5.79. The second kappa shape index (κ2) is 9.43. The quantitative estimate of drug-likeness (QED) is 0.568. The van der Waals surface area contributed by atoms with Crippen molar-refractivity contribution in [3.63, 3.8) is 0 Å². The molecule has 27 heavy (non-hydrogen) atoms. The summed E-state index contributed by atoms with van der Waals surface area (Å²) in [4.78, 5) is 17.1. The lowest BCUT2D eigenvalue weighted by Crippen LogP contribution is -2.15. The Morgan fingerprint density at radius 1 is 1.19 bits per heavy atom. The molecule has 0 fully saturated rings. The molecule has 0 unspecified atom stereocenters. The van der Waals surface area contributed by atoms with Crippen LogP contribution in [0.25, 0.3) is 11.0 Å². The SMILES string of the molecule is CCOc1ccccc1NC(=O)CSc1nc2ccccc2n1CCOC. The van der Waals surface area contributed by atoms with Gasteiger partial charge in [0.25, 0.3) is 0 Å². The molecule has 0 spiro atoms. The first-order valence-corrected chi connectivity index (χ1v) is 9.80. The zero-order chi connectivity index (χ0) is 19.1. The number of carbonyl (C=O) groups is 1. The van der Waals surface area contributed by atoms with Crippen LogP contribution in [0.15, 0.2) is 53.7 Å². The summed E-state index contributed by atoms with van der Waals surface area (Å²) in [5, 5.41) is 3.72. The summed E-state index contributed by atoms with van der Waals surface area (Å²) in [5.74, 6) is 0.833. The Bertz CT molecular complexity index is 910. The molecule has 0 atom stereocenters. The van der Waals surface area contributed by atoms with E-state index in [1.165, 1.54) is 11.8 Å². The number of aromatic nitrogens is 2. The third-order valence-electron chi connectivity index (χ3n) is 3.93. The number of para-hydroxylation sites is 4. The molecule has 7 heteroatoms. The fraction of sp³-hybridized carbons (Fsp3) is 0.300. The van der Waals surface area contributed by atoms with E-state index in [0.29, 0.717) is 31.2 Å². The molecular formula is C20H23N3O3S. The van der Waals surface area contributed by atoms with Crippen molar-refractivity contribution in [2.45, 2.75) is 18.6 Å². The van der Waals surface area contributed by atoms with E-state index in [2.05, 4.69) is 14.9 Å². The highest BCUT2D eigenvalue weighted by molar-refractivity contribution is 7.99. The summed E-state index contributed by atoms with van der Waals surface area (Å²) >= 11 is 1.41. The van der Waals surface area contributed by atoms with Crippen LogP contribution in [0.5, 0.6) is 5.75 Å². The summed E-state index contributed by atoms with van der Waals surface area (Å²) < 4.78 is 12.8. The average Bonchev–Trinajstić information content (AvgIpc) is 3.04. The monoisotopic (exact) mass is 385 g/mol. The predicted molar refractivity (Wildman–Crippen MR) is 109 cm³/mol. The summed E-state index contributed by atoms with van der Waals surface area (Å²) in [6.45, 7) is 3.74. The molecule has 0 aliphatic heterocycles. The number of nitrogens with zero attached hydrogens (tertiary/aromatic N) is 2. The predicted octanol–water partition coefficient (Wildman–Crippen LogP) is 3.81. The molecule has 0 aliphatic carbocycles. The third kappa shape index (κ3) is 4.81. The van der Waals surface area contributed by atoms with Crippen molar-refractivity contribution in [1.82, 2.24) is 9.55 Å². The number of benzene rings is 2. The maximum atomic E-state index is 12.4. The van der Waals surface area contributed by atoms with Gasteiger partial charge in [0.2, 0.25) is 5.91 Å². The molecule has 0 saturated heterocycles. The van der Waals surface area contributed by atoms with Crippen molar-refractivity contribution < 1.29 is 14.3 Å². The highest BCUT2D eigenvalue weighted by atomic mass is 32.2. The number of fused-ring (bicyclic) bond motifs is 1. The molecule has 6 nitrogen and oxygen atoms in total. The smallest absolute Gasteiger partial charge is 0.234 e. The summed E-state index contributed by atoms with van der Waals surface area (Å²) in [6, 6.07) is 15.4. The van der Waals surface area contributed by atoms with Gasteiger partial charge in [-0.1, -0.05) is 36.0 Å². The molecule has 2 aromatic carbocycles. The van der Waals surface area contributed by atoms with Gasteiger partial charge in [-0.05, 0) is 31.2 Å². The lowest BCUT2D eigenvalue weighted by molar-refractivity contribution is -0.113. The van der Waals surface area contributed by atoms with Crippen LogP contribution >= 0.6 is 11.8 Å². The van der Waals surface area contributed by atoms with Crippen LogP contribution < -0.4 is 10.1 Å². The van der Waals surface area contributed by atoms with Crippen molar-refractivity contribution in [1.29, 1.82) is 0 Å². The number of hydrogen-bond acceptors (Lipinski definition) is 5. The van der Waals surface area contributed by atoms with E-state index in [0.717, 1.165) is 16.2 Å². The third-order valence-corrected chi connectivity index (χ3v) is 4.91. The number of thioether (sulfide) groups is 1. The van der Waals surface area contributed by atoms with Crippen molar-refractivity contribution in [2.24, 2.45) is 0 Å². The number of carbonyl (C=O) groups excluding carboxylic acids is 1. The number of ether oxygens (including phenoxy) is 2. The highest BCUT2D eigenvalue weighted by Crippen LogP contribution is 2.26. The minimum Gasteiger partial charge on any atom is -0.492 e. The highest BCUT2D eigenvalue weighted by Gasteiger charge is 2.14. The normalized spacial score (nSPS) is 10.9. The Balaban J connectivity index is 1.70. The first-order chi connectivity index (χ1) is 13.2. The molecule has 0 saturated carbocycles. The lowest BCUT2D eigenvalue weighted by atomic mass is 10.3. The van der Waals surface area contributed by atoms with Crippen molar-refractivity contribution in [3.05, 3.63) is 48.5 Å². The maximum Gasteiger partial charge on any atom is 0.234 e. The van der Waals surface area contributed by atoms with E-state index in [-0.39, 0.29) is 11.7 Å². The Kier molecular flexibility index (Phi) is 6.73. The number of methoxy groups -OCH3 is 1. The van der Waals surface area contributed by atoms with Crippen LogP contribution in [0.1, 0.15) is 6.92 Å². The van der Waals surface area contributed by atoms with Gasteiger partial charge in [0.15, 0.2) is 5.16 Å². The van der Waals surface area contributed by atoms with Crippen molar-refractivity contribution in [2.75, 3.05) is 31.4 Å². The minimum atomic E-state index is -0.0995. The van der Waals surface area contributed by atoms with Crippen molar-refractivity contribution >= 4 is 34.4 Å². The molecule has 1 N–H and O–H groups in total. The van der Waals surface area contributed by atoms with E-state index in [4.69, 9.17) is 9.47 Å². The average molecular weight is 385 g/mol. The van der Waals surface area contributed by atoms with E-state index in [1.54, 1.807) is 7.11 Å². The topological polar surface area (TPSA) is 65.4 Å². The Hall–Kier alpha value is -2.51. The van der Waals surface area contributed by atoms with E-state index in [1.807, 2.05) is 55.5 Å². The summed E-state index contributed by atoms with van der Waals surface area (Å²) in [5.41, 5.74) is 2.63. The number of nitrogens with one attached hydrogen (secondary N) is 1. The fourth-order valence-electron chi connectivity index (χ4n) is 2.73. The van der Waals surface area contributed by atoms with Crippen molar-refractivity contribution in [3.8, 4) is 5.75 Å². The Morgan fingerprint density at radius 3 is 2.78 bits per heavy atom. The molecular weight excluding hydrogens is 362 g/mol. The Morgan fingerprint density at radius 2 is 1.96 bits per heavy atom. The van der Waals surface area contributed by atoms with Crippen LogP contribution in [-0.4, -0.2) is 41.5 Å². The van der Waals surface area contributed by atoms with Crippen LogP contribution in [0.2, 0.25) is 0 Å². The molecule has 0 bridgehead atoms. The number of anilines is 1. The van der Waals surface area contributed by atoms with Gasteiger partial charge in [-0.3, -0.25) is 4.79 Å². The van der Waals surface area contributed by atoms with Gasteiger partial charge in [0, 0.05) is 13.7 Å². The number of imidazole rings is 1. The number of hydrogen-bond donors (Lipinski definition) is 1. The van der Waals surface area contributed by atoms with Crippen LogP contribution in [0, 0.1) is 0 Å². The van der Waals surface area contributed by atoms with Gasteiger partial charge in [-0.15, -0.1) is 0 Å².